The Morgan fingerprint density at radius 3 is 2.83 bits per heavy atom. The van der Waals surface area contributed by atoms with Crippen LogP contribution in [0.2, 0.25) is 0 Å². The fourth-order valence-electron chi connectivity index (χ4n) is 1.63. The molecule has 1 unspecified atom stereocenters. The molecule has 0 bridgehead atoms. The van der Waals surface area contributed by atoms with Crippen LogP contribution in [0.4, 0.5) is 0 Å². The summed E-state index contributed by atoms with van der Waals surface area (Å²) in [4.78, 5) is 11.7. The molecule has 1 heterocycles. The van der Waals surface area contributed by atoms with Gasteiger partial charge in [0.15, 0.2) is 0 Å². The molecule has 2 rings (SSSR count). The van der Waals surface area contributed by atoms with Crippen molar-refractivity contribution in [1.82, 2.24) is 0 Å². The van der Waals surface area contributed by atoms with Crippen molar-refractivity contribution in [3.05, 3.63) is 29.8 Å². The molecule has 0 radical (unpaired) electrons. The molecule has 1 atom stereocenters. The Kier molecular flexibility index (Phi) is 3.65. The molecule has 18 heavy (non-hydrogen) atoms. The van der Waals surface area contributed by atoms with Gasteiger partial charge in [-0.2, -0.15) is 0 Å². The number of hydrogen-bond donors (Lipinski definition) is 1. The van der Waals surface area contributed by atoms with Crippen LogP contribution in [0.5, 0.6) is 0 Å². The molecule has 1 aromatic carbocycles. The summed E-state index contributed by atoms with van der Waals surface area (Å²) in [6.07, 6.45) is 0.385. The zero-order valence-electron chi connectivity index (χ0n) is 9.53. The quantitative estimate of drug-likeness (QED) is 0.797. The molecule has 6 nitrogen and oxygen atoms in total. The van der Waals surface area contributed by atoms with Crippen molar-refractivity contribution in [1.29, 1.82) is 0 Å². The molecule has 1 aliphatic rings. The molecule has 1 saturated heterocycles. The van der Waals surface area contributed by atoms with E-state index >= 15 is 0 Å². The van der Waals surface area contributed by atoms with Crippen molar-refractivity contribution in [3.63, 3.8) is 0 Å². The molecule has 1 fully saturated rings. The maximum Gasteiger partial charge on any atom is 0.338 e. The topological polar surface area (TPSA) is 95.7 Å². The number of ether oxygens (including phenoxy) is 2. The number of rotatable bonds is 3. The van der Waals surface area contributed by atoms with Crippen LogP contribution in [0.15, 0.2) is 29.2 Å². The average molecular weight is 271 g/mol. The number of hydrogen-bond acceptors (Lipinski definition) is 5. The first-order valence-corrected chi connectivity index (χ1v) is 6.93. The highest BCUT2D eigenvalue weighted by molar-refractivity contribution is 7.89. The Hall–Kier alpha value is -1.44. The maximum absolute atomic E-state index is 11.8. The van der Waals surface area contributed by atoms with Crippen molar-refractivity contribution in [3.8, 4) is 0 Å². The number of primary sulfonamides is 1. The molecular formula is C11H13NO5S. The maximum atomic E-state index is 11.8. The molecule has 0 aromatic heterocycles. The minimum Gasteiger partial charge on any atom is -0.456 e. The van der Waals surface area contributed by atoms with Crippen LogP contribution in [0.1, 0.15) is 16.8 Å². The number of nitrogens with two attached hydrogens (primary N) is 1. The van der Waals surface area contributed by atoms with Gasteiger partial charge in [-0.1, -0.05) is 6.07 Å². The summed E-state index contributed by atoms with van der Waals surface area (Å²) >= 11 is 0. The summed E-state index contributed by atoms with van der Waals surface area (Å²) < 4.78 is 32.6. The van der Waals surface area contributed by atoms with E-state index in [2.05, 4.69) is 0 Å². The minimum absolute atomic E-state index is 0.111. The summed E-state index contributed by atoms with van der Waals surface area (Å²) in [7, 11) is -3.82. The van der Waals surface area contributed by atoms with Gasteiger partial charge in [-0.15, -0.1) is 0 Å². The van der Waals surface area contributed by atoms with Gasteiger partial charge in [-0.05, 0) is 18.2 Å². The zero-order valence-corrected chi connectivity index (χ0v) is 10.4. The van der Waals surface area contributed by atoms with Gasteiger partial charge in [0.1, 0.15) is 6.10 Å². The van der Waals surface area contributed by atoms with E-state index in [1.807, 2.05) is 0 Å². The van der Waals surface area contributed by atoms with Crippen LogP contribution in [0.25, 0.3) is 0 Å². The minimum atomic E-state index is -3.82. The molecule has 2 N–H and O–H groups in total. The van der Waals surface area contributed by atoms with Gasteiger partial charge in [-0.25, -0.2) is 18.4 Å². The SMILES string of the molecule is NS(=O)(=O)c1cccc(C(=O)OC2CCOC2)c1. The van der Waals surface area contributed by atoms with E-state index in [0.29, 0.717) is 19.6 Å². The largest absolute Gasteiger partial charge is 0.456 e. The van der Waals surface area contributed by atoms with E-state index in [1.165, 1.54) is 24.3 Å². The van der Waals surface area contributed by atoms with E-state index in [1.54, 1.807) is 0 Å². The highest BCUT2D eigenvalue weighted by Crippen LogP contribution is 2.14. The first-order valence-electron chi connectivity index (χ1n) is 5.38. The Morgan fingerprint density at radius 2 is 2.22 bits per heavy atom. The van der Waals surface area contributed by atoms with Crippen molar-refractivity contribution in [2.24, 2.45) is 5.14 Å². The molecule has 0 spiro atoms. The van der Waals surface area contributed by atoms with Gasteiger partial charge in [0.05, 0.1) is 23.7 Å². The predicted molar refractivity (Wildman–Crippen MR) is 62.5 cm³/mol. The van der Waals surface area contributed by atoms with E-state index in [-0.39, 0.29) is 16.6 Å². The standard InChI is InChI=1S/C11H13NO5S/c12-18(14,15)10-3-1-2-8(6-10)11(13)17-9-4-5-16-7-9/h1-3,6,9H,4-5,7H2,(H2,12,14,15). The van der Waals surface area contributed by atoms with Crippen LogP contribution in [0.3, 0.4) is 0 Å². The fourth-order valence-corrected chi connectivity index (χ4v) is 2.18. The molecule has 0 amide bonds. The molecule has 0 aliphatic carbocycles. The van der Waals surface area contributed by atoms with Crippen molar-refractivity contribution in [2.45, 2.75) is 17.4 Å². The fraction of sp³-hybridized carbons (Fsp3) is 0.364. The number of carbonyl (C=O) groups is 1. The predicted octanol–water partition coefficient (Wildman–Crippen LogP) is 0.280. The van der Waals surface area contributed by atoms with Gasteiger partial charge in [0.2, 0.25) is 10.0 Å². The van der Waals surface area contributed by atoms with Gasteiger partial charge < -0.3 is 9.47 Å². The molecule has 0 saturated carbocycles. The molecule has 98 valence electrons. The van der Waals surface area contributed by atoms with Crippen LogP contribution in [-0.2, 0) is 19.5 Å². The van der Waals surface area contributed by atoms with E-state index in [4.69, 9.17) is 14.6 Å². The molecule has 7 heteroatoms. The average Bonchev–Trinajstić information content (AvgIpc) is 2.81. The van der Waals surface area contributed by atoms with E-state index < -0.39 is 16.0 Å². The monoisotopic (exact) mass is 271 g/mol. The summed E-state index contributed by atoms with van der Waals surface area (Å²) in [5.74, 6) is -0.573. The lowest BCUT2D eigenvalue weighted by molar-refractivity contribution is 0.0270. The second kappa shape index (κ2) is 5.05. The summed E-state index contributed by atoms with van der Waals surface area (Å²) in [5.41, 5.74) is 0.161. The number of benzene rings is 1. The van der Waals surface area contributed by atoms with E-state index in [9.17, 15) is 13.2 Å². The lowest BCUT2D eigenvalue weighted by Crippen LogP contribution is -2.19. The van der Waals surface area contributed by atoms with Crippen molar-refractivity contribution >= 4 is 16.0 Å². The number of esters is 1. The van der Waals surface area contributed by atoms with Crippen molar-refractivity contribution in [2.75, 3.05) is 13.2 Å². The van der Waals surface area contributed by atoms with Crippen molar-refractivity contribution < 1.29 is 22.7 Å². The molecular weight excluding hydrogens is 258 g/mol. The molecule has 1 aromatic rings. The Bertz CT molecular complexity index is 548. The Balaban J connectivity index is 2.15. The number of sulfonamides is 1. The second-order valence-corrected chi connectivity index (χ2v) is 5.53. The van der Waals surface area contributed by atoms with Crippen LogP contribution < -0.4 is 5.14 Å². The highest BCUT2D eigenvalue weighted by atomic mass is 32.2. The van der Waals surface area contributed by atoms with Crippen LogP contribution >= 0.6 is 0 Å². The first kappa shape index (κ1) is 13.0. The lowest BCUT2D eigenvalue weighted by atomic mass is 10.2. The highest BCUT2D eigenvalue weighted by Gasteiger charge is 2.21. The van der Waals surface area contributed by atoms with Gasteiger partial charge in [-0.3, -0.25) is 0 Å². The first-order chi connectivity index (χ1) is 8.47. The third-order valence-electron chi connectivity index (χ3n) is 2.56. The normalized spacial score (nSPS) is 19.7. The third kappa shape index (κ3) is 3.06. The zero-order chi connectivity index (χ0) is 13.2. The van der Waals surface area contributed by atoms with Gasteiger partial charge in [0.25, 0.3) is 0 Å². The smallest absolute Gasteiger partial charge is 0.338 e. The Morgan fingerprint density at radius 1 is 1.44 bits per heavy atom. The summed E-state index contributed by atoms with van der Waals surface area (Å²) in [5, 5.41) is 4.99. The summed E-state index contributed by atoms with van der Waals surface area (Å²) in [6.45, 7) is 0.940. The molecule has 1 aliphatic heterocycles. The van der Waals surface area contributed by atoms with Gasteiger partial charge >= 0.3 is 5.97 Å². The Labute approximate surface area is 105 Å². The van der Waals surface area contributed by atoms with Crippen LogP contribution in [0, 0.1) is 0 Å². The number of carbonyl (C=O) groups excluding carboxylic acids is 1. The lowest BCUT2D eigenvalue weighted by Gasteiger charge is -2.10. The van der Waals surface area contributed by atoms with Crippen LogP contribution in [-0.4, -0.2) is 33.7 Å². The van der Waals surface area contributed by atoms with E-state index in [0.717, 1.165) is 0 Å². The van der Waals surface area contributed by atoms with Gasteiger partial charge in [0, 0.05) is 6.42 Å². The third-order valence-corrected chi connectivity index (χ3v) is 3.47. The summed E-state index contributed by atoms with van der Waals surface area (Å²) in [6, 6.07) is 5.45. The second-order valence-electron chi connectivity index (χ2n) is 3.96.